The molecular formula is C30H33N7O4. The summed E-state index contributed by atoms with van der Waals surface area (Å²) in [5.41, 5.74) is 1.76. The first-order chi connectivity index (χ1) is 19.7. The predicted molar refractivity (Wildman–Crippen MR) is 153 cm³/mol. The van der Waals surface area contributed by atoms with Crippen molar-refractivity contribution in [1.82, 2.24) is 19.9 Å². The van der Waals surface area contributed by atoms with E-state index in [1.165, 1.54) is 0 Å². The average molecular weight is 556 g/mol. The Morgan fingerprint density at radius 3 is 2.56 bits per heavy atom. The Labute approximate surface area is 238 Å². The summed E-state index contributed by atoms with van der Waals surface area (Å²) in [7, 11) is 0. The largest absolute Gasteiger partial charge is 0.469 e. The number of likely N-dealkylation sites (N-methyl/N-ethyl adjacent to an activating group) is 1. The molecular weight excluding hydrogens is 522 g/mol. The van der Waals surface area contributed by atoms with E-state index in [9.17, 15) is 9.59 Å². The van der Waals surface area contributed by atoms with Gasteiger partial charge in [0, 0.05) is 42.5 Å². The van der Waals surface area contributed by atoms with Crippen LogP contribution in [0, 0.1) is 5.41 Å². The maximum atomic E-state index is 13.8. The number of rotatable bonds is 5. The monoisotopic (exact) mass is 555 g/mol. The highest BCUT2D eigenvalue weighted by atomic mass is 16.5. The highest BCUT2D eigenvalue weighted by Gasteiger charge is 2.66. The van der Waals surface area contributed by atoms with E-state index in [-0.39, 0.29) is 17.4 Å². The van der Waals surface area contributed by atoms with Crippen LogP contribution < -0.4 is 20.3 Å². The van der Waals surface area contributed by atoms with Crippen molar-refractivity contribution >= 4 is 29.4 Å². The number of carbonyl (C=O) groups excluding carboxylic acids is 2. The minimum absolute atomic E-state index is 0.158. The lowest BCUT2D eigenvalue weighted by atomic mass is 9.60. The number of benzene rings is 1. The number of ether oxygens (including phenoxy) is 2. The maximum absolute atomic E-state index is 13.8. The summed E-state index contributed by atoms with van der Waals surface area (Å²) in [6.07, 6.45) is 4.41. The molecule has 3 aliphatic heterocycles. The van der Waals surface area contributed by atoms with E-state index in [2.05, 4.69) is 20.5 Å². The molecule has 4 aliphatic rings. The standard InChI is InChI=1S/C30H33N7O4/c1-4-36-16-29(2,3)41-25-23(26(36)38)24(34-27(35-25)37-15-21-30(17-37)13-12-20(30)40-21)18-8-10-19(11-9-18)32-28(39)33-22-7-5-6-14-31-22/h5-11,14,20-21H,4,12-13,15-17H2,1-3H3,(H2,31,32,33,39). The van der Waals surface area contributed by atoms with Gasteiger partial charge in [0.15, 0.2) is 0 Å². The van der Waals surface area contributed by atoms with Gasteiger partial charge in [-0.25, -0.2) is 14.8 Å². The van der Waals surface area contributed by atoms with Gasteiger partial charge in [-0.1, -0.05) is 18.2 Å². The number of amides is 3. The molecule has 3 fully saturated rings. The third-order valence-electron chi connectivity index (χ3n) is 8.65. The number of nitrogens with zero attached hydrogens (tertiary/aromatic N) is 5. The zero-order chi connectivity index (χ0) is 28.4. The molecule has 1 spiro atoms. The lowest BCUT2D eigenvalue weighted by molar-refractivity contribution is -0.279. The van der Waals surface area contributed by atoms with Gasteiger partial charge in [0.25, 0.3) is 5.91 Å². The Morgan fingerprint density at radius 1 is 1.07 bits per heavy atom. The van der Waals surface area contributed by atoms with Crippen molar-refractivity contribution < 1.29 is 19.1 Å². The molecule has 3 atom stereocenters. The van der Waals surface area contributed by atoms with Gasteiger partial charge >= 0.3 is 6.03 Å². The zero-order valence-corrected chi connectivity index (χ0v) is 23.4. The quantitative estimate of drug-likeness (QED) is 0.481. The fourth-order valence-electron chi connectivity index (χ4n) is 6.46. The molecule has 1 saturated carbocycles. The normalized spacial score (nSPS) is 25.5. The lowest BCUT2D eigenvalue weighted by Crippen LogP contribution is -2.65. The molecule has 1 aliphatic carbocycles. The van der Waals surface area contributed by atoms with E-state index in [1.807, 2.05) is 32.9 Å². The third kappa shape index (κ3) is 4.35. The number of pyridine rings is 1. The van der Waals surface area contributed by atoms with Crippen LogP contribution in [-0.2, 0) is 4.74 Å². The van der Waals surface area contributed by atoms with Gasteiger partial charge in [-0.15, -0.1) is 0 Å². The molecule has 2 saturated heterocycles. The molecule has 3 unspecified atom stereocenters. The molecule has 2 N–H and O–H groups in total. The average Bonchev–Trinajstić information content (AvgIpc) is 3.28. The third-order valence-corrected chi connectivity index (χ3v) is 8.65. The molecule has 0 bridgehead atoms. The van der Waals surface area contributed by atoms with Crippen LogP contribution in [0.4, 0.5) is 22.2 Å². The lowest BCUT2D eigenvalue weighted by Gasteiger charge is -2.59. The van der Waals surface area contributed by atoms with Crippen LogP contribution in [0.3, 0.4) is 0 Å². The summed E-state index contributed by atoms with van der Waals surface area (Å²) < 4.78 is 12.5. The zero-order valence-electron chi connectivity index (χ0n) is 23.4. The van der Waals surface area contributed by atoms with E-state index in [0.717, 1.165) is 31.5 Å². The summed E-state index contributed by atoms with van der Waals surface area (Å²) in [5.74, 6) is 1.14. The Balaban J connectivity index is 1.23. The first kappa shape index (κ1) is 25.7. The summed E-state index contributed by atoms with van der Waals surface area (Å²) in [5, 5.41) is 5.53. The van der Waals surface area contributed by atoms with Gasteiger partial charge in [-0.3, -0.25) is 10.1 Å². The molecule has 11 nitrogen and oxygen atoms in total. The molecule has 2 aromatic heterocycles. The summed E-state index contributed by atoms with van der Waals surface area (Å²) in [6.45, 7) is 8.44. The number of urea groups is 1. The topological polar surface area (TPSA) is 122 Å². The van der Waals surface area contributed by atoms with Crippen molar-refractivity contribution in [2.45, 2.75) is 51.4 Å². The summed E-state index contributed by atoms with van der Waals surface area (Å²) in [4.78, 5) is 44.2. The van der Waals surface area contributed by atoms with Crippen molar-refractivity contribution in [3.8, 4) is 17.1 Å². The second kappa shape index (κ2) is 9.41. The first-order valence-electron chi connectivity index (χ1n) is 14.1. The smallest absolute Gasteiger partial charge is 0.324 e. The van der Waals surface area contributed by atoms with Gasteiger partial charge < -0.3 is 24.6 Å². The molecule has 0 radical (unpaired) electrons. The molecule has 3 aromatic rings. The van der Waals surface area contributed by atoms with Crippen LogP contribution in [0.5, 0.6) is 5.88 Å². The van der Waals surface area contributed by atoms with Gasteiger partial charge in [-0.05, 0) is 57.9 Å². The fraction of sp³-hybridized carbons (Fsp3) is 0.433. The van der Waals surface area contributed by atoms with Crippen LogP contribution in [0.2, 0.25) is 0 Å². The minimum atomic E-state index is -0.626. The molecule has 7 rings (SSSR count). The molecule has 5 heterocycles. The van der Waals surface area contributed by atoms with E-state index >= 15 is 0 Å². The van der Waals surface area contributed by atoms with Crippen molar-refractivity contribution in [1.29, 1.82) is 0 Å². The Hall–Kier alpha value is -4.25. The van der Waals surface area contributed by atoms with E-state index in [4.69, 9.17) is 19.4 Å². The van der Waals surface area contributed by atoms with Crippen molar-refractivity contribution in [3.05, 3.63) is 54.2 Å². The highest BCUT2D eigenvalue weighted by Crippen LogP contribution is 2.59. The molecule has 41 heavy (non-hydrogen) atoms. The van der Waals surface area contributed by atoms with Crippen LogP contribution >= 0.6 is 0 Å². The van der Waals surface area contributed by atoms with E-state index in [1.54, 1.807) is 41.4 Å². The highest BCUT2D eigenvalue weighted by molar-refractivity contribution is 6.03. The van der Waals surface area contributed by atoms with Gasteiger partial charge in [0.05, 0.1) is 24.4 Å². The number of hydrogen-bond donors (Lipinski definition) is 2. The number of anilines is 3. The number of fused-ring (bicyclic) bond motifs is 1. The molecule has 212 valence electrons. The Kier molecular flexibility index (Phi) is 5.90. The number of nitrogens with one attached hydrogen (secondary N) is 2. The second-order valence-electron chi connectivity index (χ2n) is 11.9. The molecule has 11 heteroatoms. The maximum Gasteiger partial charge on any atom is 0.324 e. The Bertz CT molecular complexity index is 1510. The summed E-state index contributed by atoms with van der Waals surface area (Å²) in [6, 6.07) is 12.2. The van der Waals surface area contributed by atoms with Crippen LogP contribution in [-0.4, -0.2) is 75.8 Å². The van der Waals surface area contributed by atoms with Crippen molar-refractivity contribution in [3.63, 3.8) is 0 Å². The van der Waals surface area contributed by atoms with Crippen molar-refractivity contribution in [2.24, 2.45) is 5.41 Å². The van der Waals surface area contributed by atoms with E-state index in [0.29, 0.717) is 53.8 Å². The number of hydrogen-bond acceptors (Lipinski definition) is 8. The number of aromatic nitrogens is 3. The van der Waals surface area contributed by atoms with Crippen LogP contribution in [0.15, 0.2) is 48.7 Å². The molecule has 3 amide bonds. The predicted octanol–water partition coefficient (Wildman–Crippen LogP) is 4.18. The van der Waals surface area contributed by atoms with Gasteiger partial charge in [-0.2, -0.15) is 4.98 Å². The fourth-order valence-corrected chi connectivity index (χ4v) is 6.46. The number of carbonyl (C=O) groups is 2. The first-order valence-corrected chi connectivity index (χ1v) is 14.1. The summed E-state index contributed by atoms with van der Waals surface area (Å²) >= 11 is 0. The molecule has 1 aromatic carbocycles. The van der Waals surface area contributed by atoms with Crippen LogP contribution in [0.25, 0.3) is 11.3 Å². The van der Waals surface area contributed by atoms with E-state index < -0.39 is 11.6 Å². The SMILES string of the molecule is CCN1CC(C)(C)Oc2nc(N3CC4OC5CCC54C3)nc(-c3ccc(NC(=O)Nc4ccccn4)cc3)c2C1=O. The van der Waals surface area contributed by atoms with Crippen LogP contribution in [0.1, 0.15) is 44.0 Å². The van der Waals surface area contributed by atoms with Gasteiger partial charge in [0.1, 0.15) is 17.0 Å². The van der Waals surface area contributed by atoms with Gasteiger partial charge in [0.2, 0.25) is 11.8 Å². The van der Waals surface area contributed by atoms with Crippen molar-refractivity contribution in [2.75, 3.05) is 41.7 Å². The second-order valence-corrected chi connectivity index (χ2v) is 11.9. The Morgan fingerprint density at radius 2 is 1.90 bits per heavy atom. The minimum Gasteiger partial charge on any atom is -0.469 e.